The van der Waals surface area contributed by atoms with Crippen molar-refractivity contribution in [1.82, 2.24) is 10.2 Å². The van der Waals surface area contributed by atoms with Crippen molar-refractivity contribution in [2.45, 2.75) is 59.5 Å². The molecule has 2 rings (SSSR count). The van der Waals surface area contributed by atoms with Crippen molar-refractivity contribution in [2.24, 2.45) is 5.92 Å². The Balaban J connectivity index is 2.11. The second kappa shape index (κ2) is 6.77. The third kappa shape index (κ3) is 3.44. The van der Waals surface area contributed by atoms with E-state index in [1.807, 2.05) is 6.92 Å². The highest BCUT2D eigenvalue weighted by atomic mass is 16.3. The summed E-state index contributed by atoms with van der Waals surface area (Å²) in [5.74, 6) is 2.83. The number of hydrogen-bond donors (Lipinski definition) is 1. The highest BCUT2D eigenvalue weighted by molar-refractivity contribution is 5.23. The molecule has 1 aromatic heterocycles. The Morgan fingerprint density at radius 3 is 2.75 bits per heavy atom. The summed E-state index contributed by atoms with van der Waals surface area (Å²) in [5.41, 5.74) is 1.35. The lowest BCUT2D eigenvalue weighted by Gasteiger charge is -2.32. The molecule has 1 N–H and O–H groups in total. The fourth-order valence-electron chi connectivity index (χ4n) is 3.26. The second-order valence-corrected chi connectivity index (χ2v) is 6.34. The van der Waals surface area contributed by atoms with E-state index < -0.39 is 0 Å². The van der Waals surface area contributed by atoms with Crippen LogP contribution >= 0.6 is 0 Å². The number of furan rings is 1. The molecule has 3 unspecified atom stereocenters. The van der Waals surface area contributed by atoms with Crippen LogP contribution in [-0.2, 0) is 0 Å². The van der Waals surface area contributed by atoms with Gasteiger partial charge in [-0.15, -0.1) is 0 Å². The van der Waals surface area contributed by atoms with Crippen LogP contribution in [0, 0.1) is 19.8 Å². The van der Waals surface area contributed by atoms with Gasteiger partial charge in [0.05, 0.1) is 0 Å². The van der Waals surface area contributed by atoms with Gasteiger partial charge in [0, 0.05) is 30.7 Å². The number of aryl methyl sites for hydroxylation is 2. The summed E-state index contributed by atoms with van der Waals surface area (Å²) in [6, 6.07) is 3.26. The summed E-state index contributed by atoms with van der Waals surface area (Å²) in [6.45, 7) is 14.5. The van der Waals surface area contributed by atoms with Crippen LogP contribution < -0.4 is 5.32 Å². The highest BCUT2D eigenvalue weighted by Crippen LogP contribution is 2.28. The van der Waals surface area contributed by atoms with Gasteiger partial charge in [0.15, 0.2) is 0 Å². The summed E-state index contributed by atoms with van der Waals surface area (Å²) >= 11 is 0. The number of rotatable bonds is 4. The van der Waals surface area contributed by atoms with E-state index in [0.29, 0.717) is 12.1 Å². The second-order valence-electron chi connectivity index (χ2n) is 6.34. The largest absolute Gasteiger partial charge is 0.466 e. The van der Waals surface area contributed by atoms with Crippen LogP contribution in [0.2, 0.25) is 0 Å². The van der Waals surface area contributed by atoms with Crippen molar-refractivity contribution in [1.29, 1.82) is 0 Å². The van der Waals surface area contributed by atoms with Crippen molar-refractivity contribution >= 4 is 0 Å². The molecule has 1 aliphatic heterocycles. The normalized spacial score (nSPS) is 24.4. The summed E-state index contributed by atoms with van der Waals surface area (Å²) in [7, 11) is 0. The molecule has 1 aliphatic rings. The molecular weight excluding hydrogens is 248 g/mol. The van der Waals surface area contributed by atoms with E-state index in [4.69, 9.17) is 4.42 Å². The van der Waals surface area contributed by atoms with Crippen LogP contribution in [0.1, 0.15) is 56.7 Å². The minimum absolute atomic E-state index is 0.443. The zero-order chi connectivity index (χ0) is 14.7. The van der Waals surface area contributed by atoms with Gasteiger partial charge < -0.3 is 9.73 Å². The molecule has 0 aromatic carbocycles. The van der Waals surface area contributed by atoms with Crippen molar-refractivity contribution in [3.05, 3.63) is 23.2 Å². The third-order valence-electron chi connectivity index (χ3n) is 4.87. The van der Waals surface area contributed by atoms with Crippen molar-refractivity contribution in [2.75, 3.05) is 19.6 Å². The molecule has 0 aliphatic carbocycles. The van der Waals surface area contributed by atoms with Crippen LogP contribution in [0.15, 0.2) is 10.5 Å². The first kappa shape index (κ1) is 15.6. The minimum atomic E-state index is 0.443. The van der Waals surface area contributed by atoms with Crippen molar-refractivity contribution in [3.63, 3.8) is 0 Å². The van der Waals surface area contributed by atoms with Crippen LogP contribution in [0.25, 0.3) is 0 Å². The molecule has 1 fully saturated rings. The molecule has 114 valence electrons. The van der Waals surface area contributed by atoms with E-state index in [2.05, 4.69) is 44.0 Å². The standard InChI is InChI=1S/C17H30N2O/c1-6-12(2)17-11-19(9-7-8-18-17)14(4)16-10-13(3)20-15(16)5/h10,12,14,17-18H,6-9,11H2,1-5H3. The Hall–Kier alpha value is -0.800. The van der Waals surface area contributed by atoms with Gasteiger partial charge in [-0.25, -0.2) is 0 Å². The average molecular weight is 278 g/mol. The van der Waals surface area contributed by atoms with E-state index in [1.165, 1.54) is 24.9 Å². The maximum Gasteiger partial charge on any atom is 0.105 e. The lowest BCUT2D eigenvalue weighted by atomic mass is 9.98. The maximum absolute atomic E-state index is 5.71. The summed E-state index contributed by atoms with van der Waals surface area (Å²) in [5, 5.41) is 3.72. The molecule has 0 radical (unpaired) electrons. The van der Waals surface area contributed by atoms with Gasteiger partial charge in [-0.05, 0) is 45.7 Å². The summed E-state index contributed by atoms with van der Waals surface area (Å²) in [6.07, 6.45) is 2.47. The van der Waals surface area contributed by atoms with Gasteiger partial charge in [0.25, 0.3) is 0 Å². The van der Waals surface area contributed by atoms with Gasteiger partial charge >= 0.3 is 0 Å². The van der Waals surface area contributed by atoms with Gasteiger partial charge in [0.2, 0.25) is 0 Å². The Labute approximate surface area is 123 Å². The zero-order valence-corrected chi connectivity index (χ0v) is 13.7. The van der Waals surface area contributed by atoms with E-state index in [-0.39, 0.29) is 0 Å². The lowest BCUT2D eigenvalue weighted by Crippen LogP contribution is -2.42. The minimum Gasteiger partial charge on any atom is -0.466 e. The fraction of sp³-hybridized carbons (Fsp3) is 0.765. The monoisotopic (exact) mass is 278 g/mol. The first-order chi connectivity index (χ1) is 9.52. The van der Waals surface area contributed by atoms with Crippen molar-refractivity contribution < 1.29 is 4.42 Å². The number of nitrogens with zero attached hydrogens (tertiary/aromatic N) is 1. The number of nitrogens with one attached hydrogen (secondary N) is 1. The fourth-order valence-corrected chi connectivity index (χ4v) is 3.26. The van der Waals surface area contributed by atoms with Crippen molar-refractivity contribution in [3.8, 4) is 0 Å². The molecule has 0 saturated carbocycles. The van der Waals surface area contributed by atoms with E-state index >= 15 is 0 Å². The molecule has 2 heterocycles. The molecule has 3 atom stereocenters. The smallest absolute Gasteiger partial charge is 0.105 e. The van der Waals surface area contributed by atoms with Gasteiger partial charge in [-0.1, -0.05) is 20.3 Å². The molecule has 1 saturated heterocycles. The molecule has 0 spiro atoms. The Kier molecular flexibility index (Phi) is 5.28. The number of hydrogen-bond acceptors (Lipinski definition) is 3. The van der Waals surface area contributed by atoms with E-state index in [1.54, 1.807) is 0 Å². The Morgan fingerprint density at radius 1 is 1.40 bits per heavy atom. The van der Waals surface area contributed by atoms with Gasteiger partial charge in [-0.3, -0.25) is 4.90 Å². The first-order valence-electron chi connectivity index (χ1n) is 8.07. The summed E-state index contributed by atoms with van der Waals surface area (Å²) < 4.78 is 5.71. The predicted molar refractivity (Wildman–Crippen MR) is 84.0 cm³/mol. The van der Waals surface area contributed by atoms with Crippen LogP contribution in [0.5, 0.6) is 0 Å². The average Bonchev–Trinajstić information content (AvgIpc) is 2.66. The van der Waals surface area contributed by atoms with Crippen LogP contribution in [-0.4, -0.2) is 30.6 Å². The molecule has 3 heteroatoms. The predicted octanol–water partition coefficient (Wildman–Crippen LogP) is 3.67. The Morgan fingerprint density at radius 2 is 2.15 bits per heavy atom. The zero-order valence-electron chi connectivity index (χ0n) is 13.7. The highest BCUT2D eigenvalue weighted by Gasteiger charge is 2.26. The topological polar surface area (TPSA) is 28.4 Å². The van der Waals surface area contributed by atoms with E-state index in [9.17, 15) is 0 Å². The Bertz CT molecular complexity index is 427. The van der Waals surface area contributed by atoms with Gasteiger partial charge in [0.1, 0.15) is 11.5 Å². The maximum atomic E-state index is 5.71. The lowest BCUT2D eigenvalue weighted by molar-refractivity contribution is 0.187. The van der Waals surface area contributed by atoms with Crippen LogP contribution in [0.3, 0.4) is 0 Å². The molecule has 0 bridgehead atoms. The summed E-state index contributed by atoms with van der Waals surface area (Å²) in [4.78, 5) is 2.62. The molecule has 1 aromatic rings. The first-order valence-corrected chi connectivity index (χ1v) is 8.07. The molecule has 20 heavy (non-hydrogen) atoms. The molecule has 3 nitrogen and oxygen atoms in total. The molecule has 0 amide bonds. The molecular formula is C17H30N2O. The SMILES string of the molecule is CCC(C)C1CN(C(C)c2cc(C)oc2C)CCCN1. The third-order valence-corrected chi connectivity index (χ3v) is 4.87. The quantitative estimate of drug-likeness (QED) is 0.911. The van der Waals surface area contributed by atoms with E-state index in [0.717, 1.165) is 30.5 Å². The van der Waals surface area contributed by atoms with Gasteiger partial charge in [-0.2, -0.15) is 0 Å². The van der Waals surface area contributed by atoms with Crippen LogP contribution in [0.4, 0.5) is 0 Å².